The molecule has 0 radical (unpaired) electrons. The standard InChI is InChI=1S/C11H15BrN2O4/c1-6(2)4-8(10(16)17)14-5-7(12)9(15)13(3)11(14)18/h5-6,8H,4H2,1-3H3,(H,16,17)/t8-/m0/s1. The summed E-state index contributed by atoms with van der Waals surface area (Å²) in [6, 6.07) is -0.972. The van der Waals surface area contributed by atoms with Crippen molar-refractivity contribution in [1.29, 1.82) is 0 Å². The molecule has 0 aliphatic heterocycles. The Morgan fingerprint density at radius 2 is 2.00 bits per heavy atom. The van der Waals surface area contributed by atoms with Gasteiger partial charge in [0.1, 0.15) is 6.04 Å². The Balaban J connectivity index is 3.43. The van der Waals surface area contributed by atoms with Gasteiger partial charge in [0, 0.05) is 13.2 Å². The quantitative estimate of drug-likeness (QED) is 0.897. The summed E-state index contributed by atoms with van der Waals surface area (Å²) in [6.07, 6.45) is 1.56. The van der Waals surface area contributed by atoms with Gasteiger partial charge in [0.05, 0.1) is 4.47 Å². The number of rotatable bonds is 4. The molecule has 0 saturated carbocycles. The molecule has 1 aromatic heterocycles. The first kappa shape index (κ1) is 14.7. The Bertz CT molecular complexity index is 573. The predicted molar refractivity (Wildman–Crippen MR) is 69.8 cm³/mol. The molecule has 18 heavy (non-hydrogen) atoms. The first-order valence-electron chi connectivity index (χ1n) is 5.46. The van der Waals surface area contributed by atoms with Gasteiger partial charge in [-0.25, -0.2) is 9.59 Å². The maximum atomic E-state index is 11.9. The second-order valence-corrected chi connectivity index (χ2v) is 5.37. The first-order chi connectivity index (χ1) is 8.25. The summed E-state index contributed by atoms with van der Waals surface area (Å²) >= 11 is 3.03. The number of hydrogen-bond donors (Lipinski definition) is 1. The molecule has 0 unspecified atom stereocenters. The summed E-state index contributed by atoms with van der Waals surface area (Å²) in [4.78, 5) is 34.7. The molecule has 0 aromatic carbocycles. The Morgan fingerprint density at radius 1 is 1.44 bits per heavy atom. The van der Waals surface area contributed by atoms with Crippen molar-refractivity contribution in [2.24, 2.45) is 13.0 Å². The van der Waals surface area contributed by atoms with Gasteiger partial charge >= 0.3 is 11.7 Å². The lowest BCUT2D eigenvalue weighted by Crippen LogP contribution is -2.41. The lowest BCUT2D eigenvalue weighted by molar-refractivity contribution is -0.141. The monoisotopic (exact) mass is 318 g/mol. The van der Waals surface area contributed by atoms with Crippen molar-refractivity contribution in [3.8, 4) is 0 Å². The molecule has 0 spiro atoms. The Hall–Kier alpha value is -1.37. The van der Waals surface area contributed by atoms with Crippen LogP contribution < -0.4 is 11.2 Å². The third-order valence-corrected chi connectivity index (χ3v) is 3.13. The summed E-state index contributed by atoms with van der Waals surface area (Å²) < 4.78 is 2.13. The van der Waals surface area contributed by atoms with Crippen LogP contribution in [0.3, 0.4) is 0 Å². The molecule has 1 aromatic rings. The average Bonchev–Trinajstić information content (AvgIpc) is 2.28. The number of carbonyl (C=O) groups is 1. The molecule has 0 aliphatic rings. The lowest BCUT2D eigenvalue weighted by Gasteiger charge is -2.18. The van der Waals surface area contributed by atoms with E-state index in [1.807, 2.05) is 13.8 Å². The fraction of sp³-hybridized carbons (Fsp3) is 0.545. The maximum Gasteiger partial charge on any atom is 0.331 e. The van der Waals surface area contributed by atoms with Gasteiger partial charge < -0.3 is 5.11 Å². The fourth-order valence-electron chi connectivity index (χ4n) is 1.66. The summed E-state index contributed by atoms with van der Waals surface area (Å²) in [6.45, 7) is 3.75. The third kappa shape index (κ3) is 2.90. The Kier molecular flexibility index (Phi) is 4.50. The molecule has 1 atom stereocenters. The molecule has 0 saturated heterocycles. The van der Waals surface area contributed by atoms with Crippen molar-refractivity contribution in [2.75, 3.05) is 0 Å². The highest BCUT2D eigenvalue weighted by atomic mass is 79.9. The van der Waals surface area contributed by atoms with Crippen LogP contribution >= 0.6 is 15.9 Å². The number of halogens is 1. The average molecular weight is 319 g/mol. The summed E-state index contributed by atoms with van der Waals surface area (Å²) in [7, 11) is 1.32. The van der Waals surface area contributed by atoms with Crippen LogP contribution in [0.15, 0.2) is 20.3 Å². The number of carboxylic acids is 1. The van der Waals surface area contributed by atoms with E-state index in [1.54, 1.807) is 0 Å². The van der Waals surface area contributed by atoms with E-state index in [0.29, 0.717) is 6.42 Å². The highest BCUT2D eigenvalue weighted by Crippen LogP contribution is 2.17. The normalized spacial score (nSPS) is 12.7. The van der Waals surface area contributed by atoms with Gasteiger partial charge in [0.25, 0.3) is 5.56 Å². The molecular weight excluding hydrogens is 304 g/mol. The van der Waals surface area contributed by atoms with Crippen LogP contribution in [0.5, 0.6) is 0 Å². The van der Waals surface area contributed by atoms with Gasteiger partial charge in [-0.3, -0.25) is 13.9 Å². The van der Waals surface area contributed by atoms with Gasteiger partial charge in [-0.15, -0.1) is 0 Å². The molecule has 1 rings (SSSR count). The molecule has 0 aliphatic carbocycles. The van der Waals surface area contributed by atoms with Gasteiger partial charge in [-0.2, -0.15) is 0 Å². The van der Waals surface area contributed by atoms with E-state index in [0.717, 1.165) is 9.13 Å². The van der Waals surface area contributed by atoms with Crippen LogP contribution in [0, 0.1) is 5.92 Å². The lowest BCUT2D eigenvalue weighted by atomic mass is 10.0. The minimum Gasteiger partial charge on any atom is -0.480 e. The molecule has 100 valence electrons. The molecule has 0 bridgehead atoms. The third-order valence-electron chi connectivity index (χ3n) is 2.58. The highest BCUT2D eigenvalue weighted by Gasteiger charge is 2.23. The topological polar surface area (TPSA) is 81.3 Å². The van der Waals surface area contributed by atoms with E-state index in [9.17, 15) is 19.5 Å². The van der Waals surface area contributed by atoms with Crippen LogP contribution in [0.2, 0.25) is 0 Å². The zero-order valence-electron chi connectivity index (χ0n) is 10.4. The second-order valence-electron chi connectivity index (χ2n) is 4.51. The number of hydrogen-bond acceptors (Lipinski definition) is 3. The first-order valence-corrected chi connectivity index (χ1v) is 6.25. The Morgan fingerprint density at radius 3 is 2.44 bits per heavy atom. The minimum absolute atomic E-state index is 0.119. The molecule has 1 N–H and O–H groups in total. The highest BCUT2D eigenvalue weighted by molar-refractivity contribution is 9.10. The molecule has 0 fully saturated rings. The molecule has 7 heteroatoms. The van der Waals surface area contributed by atoms with E-state index >= 15 is 0 Å². The summed E-state index contributed by atoms with van der Waals surface area (Å²) in [5, 5.41) is 9.19. The summed E-state index contributed by atoms with van der Waals surface area (Å²) in [5.74, 6) is -0.967. The Labute approximate surface area is 112 Å². The summed E-state index contributed by atoms with van der Waals surface area (Å²) in [5.41, 5.74) is -1.11. The predicted octanol–water partition coefficient (Wildman–Crippen LogP) is 0.981. The van der Waals surface area contributed by atoms with Gasteiger partial charge in [0.2, 0.25) is 0 Å². The molecule has 1 heterocycles. The zero-order valence-corrected chi connectivity index (χ0v) is 12.0. The van der Waals surface area contributed by atoms with E-state index in [4.69, 9.17) is 0 Å². The van der Waals surface area contributed by atoms with Crippen molar-refractivity contribution in [2.45, 2.75) is 26.3 Å². The van der Waals surface area contributed by atoms with E-state index in [1.165, 1.54) is 13.2 Å². The van der Waals surface area contributed by atoms with Gasteiger partial charge in [-0.1, -0.05) is 13.8 Å². The molecule has 0 amide bonds. The smallest absolute Gasteiger partial charge is 0.331 e. The van der Waals surface area contributed by atoms with Crippen LogP contribution in [0.1, 0.15) is 26.3 Å². The van der Waals surface area contributed by atoms with Crippen LogP contribution in [-0.4, -0.2) is 20.2 Å². The minimum atomic E-state index is -1.09. The van der Waals surface area contributed by atoms with E-state index in [2.05, 4.69) is 15.9 Å². The van der Waals surface area contributed by atoms with Crippen molar-refractivity contribution >= 4 is 21.9 Å². The van der Waals surface area contributed by atoms with Gasteiger partial charge in [0.15, 0.2) is 0 Å². The van der Waals surface area contributed by atoms with E-state index < -0.39 is 23.3 Å². The molecular formula is C11H15BrN2O4. The van der Waals surface area contributed by atoms with Crippen LogP contribution in [0.25, 0.3) is 0 Å². The largest absolute Gasteiger partial charge is 0.480 e. The van der Waals surface area contributed by atoms with Crippen molar-refractivity contribution in [3.05, 3.63) is 31.5 Å². The van der Waals surface area contributed by atoms with Crippen molar-refractivity contribution < 1.29 is 9.90 Å². The zero-order chi connectivity index (χ0) is 14.0. The number of carboxylic acid groups (broad SMARTS) is 1. The van der Waals surface area contributed by atoms with Crippen LogP contribution in [-0.2, 0) is 11.8 Å². The van der Waals surface area contributed by atoms with Crippen LogP contribution in [0.4, 0.5) is 0 Å². The second kappa shape index (κ2) is 5.51. The molecule has 6 nitrogen and oxygen atoms in total. The fourth-order valence-corrected chi connectivity index (χ4v) is 2.14. The van der Waals surface area contributed by atoms with Crippen molar-refractivity contribution in [3.63, 3.8) is 0 Å². The number of aliphatic carboxylic acids is 1. The number of nitrogens with zero attached hydrogens (tertiary/aromatic N) is 2. The SMILES string of the molecule is CC(C)C[C@@H](C(=O)O)n1cc(Br)c(=O)n(C)c1=O. The maximum absolute atomic E-state index is 11.9. The number of aromatic nitrogens is 2. The van der Waals surface area contributed by atoms with E-state index in [-0.39, 0.29) is 10.4 Å². The van der Waals surface area contributed by atoms with Gasteiger partial charge in [-0.05, 0) is 28.3 Å². The van der Waals surface area contributed by atoms with Crippen molar-refractivity contribution in [1.82, 2.24) is 9.13 Å².